The first-order valence-corrected chi connectivity index (χ1v) is 9.71. The zero-order valence-corrected chi connectivity index (χ0v) is 15.6. The second-order valence-corrected chi connectivity index (χ2v) is 7.57. The van der Waals surface area contributed by atoms with E-state index in [4.69, 9.17) is 0 Å². The Labute approximate surface area is 147 Å². The third-order valence-electron chi connectivity index (χ3n) is 5.48. The van der Waals surface area contributed by atoms with Crippen LogP contribution >= 0.6 is 0 Å². The lowest BCUT2D eigenvalue weighted by Gasteiger charge is -2.43. The predicted octanol–water partition coefficient (Wildman–Crippen LogP) is 2.77. The van der Waals surface area contributed by atoms with Crippen molar-refractivity contribution in [3.05, 3.63) is 18.0 Å². The quantitative estimate of drug-likeness (QED) is 0.829. The molecule has 3 heterocycles. The molecule has 0 amide bonds. The fourth-order valence-electron chi connectivity index (χ4n) is 4.07. The second kappa shape index (κ2) is 8.26. The third kappa shape index (κ3) is 4.25. The molecule has 2 aliphatic heterocycles. The molecule has 134 valence electrons. The monoisotopic (exact) mass is 331 g/mol. The highest BCUT2D eigenvalue weighted by Crippen LogP contribution is 2.19. The summed E-state index contributed by atoms with van der Waals surface area (Å²) in [7, 11) is 0. The minimum Gasteiger partial charge on any atom is -0.341 e. The molecular formula is C19H33N5. The molecule has 0 radical (unpaired) electrons. The van der Waals surface area contributed by atoms with Crippen LogP contribution < -0.4 is 4.90 Å². The summed E-state index contributed by atoms with van der Waals surface area (Å²) in [5.74, 6) is 0.912. The minimum absolute atomic E-state index is 0.643. The minimum atomic E-state index is 0.643. The van der Waals surface area contributed by atoms with Crippen molar-refractivity contribution in [1.29, 1.82) is 0 Å². The van der Waals surface area contributed by atoms with Crippen LogP contribution in [0.25, 0.3) is 0 Å². The first-order valence-electron chi connectivity index (χ1n) is 9.71. The van der Waals surface area contributed by atoms with Gasteiger partial charge in [-0.3, -0.25) is 9.80 Å². The third-order valence-corrected chi connectivity index (χ3v) is 5.48. The van der Waals surface area contributed by atoms with Gasteiger partial charge in [0, 0.05) is 69.3 Å². The predicted molar refractivity (Wildman–Crippen MR) is 99.3 cm³/mol. The highest BCUT2D eigenvalue weighted by Gasteiger charge is 2.27. The van der Waals surface area contributed by atoms with Crippen LogP contribution in [0.1, 0.15) is 52.0 Å². The van der Waals surface area contributed by atoms with Crippen LogP contribution in [0.4, 0.5) is 5.95 Å². The van der Waals surface area contributed by atoms with E-state index in [-0.39, 0.29) is 0 Å². The van der Waals surface area contributed by atoms with Crippen molar-refractivity contribution >= 4 is 5.95 Å². The van der Waals surface area contributed by atoms with Gasteiger partial charge >= 0.3 is 0 Å². The molecule has 5 nitrogen and oxygen atoms in total. The summed E-state index contributed by atoms with van der Waals surface area (Å²) in [5, 5.41) is 0. The van der Waals surface area contributed by atoms with Crippen molar-refractivity contribution in [2.75, 3.05) is 37.6 Å². The fourth-order valence-corrected chi connectivity index (χ4v) is 4.07. The van der Waals surface area contributed by atoms with Gasteiger partial charge in [0.15, 0.2) is 0 Å². The topological polar surface area (TPSA) is 35.5 Å². The van der Waals surface area contributed by atoms with E-state index in [0.29, 0.717) is 12.1 Å². The molecular weight excluding hydrogens is 298 g/mol. The van der Waals surface area contributed by atoms with Crippen molar-refractivity contribution in [2.24, 2.45) is 0 Å². The number of anilines is 1. The normalized spacial score (nSPS) is 23.8. The molecule has 2 saturated heterocycles. The molecule has 0 saturated carbocycles. The Hall–Kier alpha value is -1.20. The van der Waals surface area contributed by atoms with E-state index >= 15 is 0 Å². The van der Waals surface area contributed by atoms with Gasteiger partial charge in [-0.05, 0) is 39.5 Å². The molecule has 1 aromatic heterocycles. The summed E-state index contributed by atoms with van der Waals surface area (Å²) in [6.45, 7) is 13.6. The largest absolute Gasteiger partial charge is 0.341 e. The first-order chi connectivity index (χ1) is 11.7. The number of nitrogens with zero attached hydrogens (tertiary/aromatic N) is 5. The highest BCUT2D eigenvalue weighted by molar-refractivity contribution is 5.30. The van der Waals surface area contributed by atoms with Gasteiger partial charge in [0.1, 0.15) is 0 Å². The van der Waals surface area contributed by atoms with Crippen LogP contribution in [0.15, 0.2) is 12.4 Å². The van der Waals surface area contributed by atoms with E-state index in [0.717, 1.165) is 38.7 Å². The van der Waals surface area contributed by atoms with Gasteiger partial charge in [0.25, 0.3) is 0 Å². The van der Waals surface area contributed by atoms with E-state index in [9.17, 15) is 0 Å². The zero-order valence-electron chi connectivity index (χ0n) is 15.6. The molecule has 1 aromatic rings. The van der Waals surface area contributed by atoms with Gasteiger partial charge in [-0.15, -0.1) is 0 Å². The molecule has 0 spiro atoms. The average molecular weight is 332 g/mol. The molecule has 3 rings (SSSR count). The Kier molecular flexibility index (Phi) is 6.06. The van der Waals surface area contributed by atoms with E-state index in [1.807, 2.05) is 12.4 Å². The van der Waals surface area contributed by atoms with Crippen LogP contribution in [0.3, 0.4) is 0 Å². The summed E-state index contributed by atoms with van der Waals surface area (Å²) in [4.78, 5) is 16.8. The zero-order chi connectivity index (χ0) is 16.9. The number of piperidine rings is 1. The van der Waals surface area contributed by atoms with Crippen LogP contribution in [-0.2, 0) is 6.54 Å². The maximum atomic E-state index is 4.63. The summed E-state index contributed by atoms with van der Waals surface area (Å²) >= 11 is 0. The van der Waals surface area contributed by atoms with Crippen molar-refractivity contribution in [3.8, 4) is 0 Å². The Morgan fingerprint density at radius 3 is 2.38 bits per heavy atom. The Balaban J connectivity index is 1.56. The maximum absolute atomic E-state index is 4.63. The maximum Gasteiger partial charge on any atom is 0.225 e. The molecule has 0 bridgehead atoms. The summed E-state index contributed by atoms with van der Waals surface area (Å²) in [6.07, 6.45) is 9.17. The number of aromatic nitrogens is 2. The number of hydrogen-bond acceptors (Lipinski definition) is 5. The van der Waals surface area contributed by atoms with E-state index in [1.54, 1.807) is 0 Å². The highest BCUT2D eigenvalue weighted by atomic mass is 15.3. The molecule has 2 aliphatic rings. The summed E-state index contributed by atoms with van der Waals surface area (Å²) < 4.78 is 0. The molecule has 24 heavy (non-hydrogen) atoms. The Morgan fingerprint density at radius 2 is 1.75 bits per heavy atom. The smallest absolute Gasteiger partial charge is 0.225 e. The summed E-state index contributed by atoms with van der Waals surface area (Å²) in [5.41, 5.74) is 1.24. The second-order valence-electron chi connectivity index (χ2n) is 7.57. The molecule has 0 N–H and O–H groups in total. The molecule has 1 atom stereocenters. The summed E-state index contributed by atoms with van der Waals surface area (Å²) in [6, 6.07) is 1.32. The van der Waals surface area contributed by atoms with Crippen LogP contribution in [0.2, 0.25) is 0 Å². The van der Waals surface area contributed by atoms with E-state index < -0.39 is 0 Å². The van der Waals surface area contributed by atoms with Gasteiger partial charge in [-0.1, -0.05) is 6.92 Å². The average Bonchev–Trinajstić information content (AvgIpc) is 2.63. The van der Waals surface area contributed by atoms with Crippen molar-refractivity contribution in [3.63, 3.8) is 0 Å². The Bertz CT molecular complexity index is 495. The van der Waals surface area contributed by atoms with Crippen LogP contribution in [0.5, 0.6) is 0 Å². The molecule has 1 unspecified atom stereocenters. The lowest BCUT2D eigenvalue weighted by atomic mass is 10.1. The lowest BCUT2D eigenvalue weighted by molar-refractivity contribution is 0.0456. The van der Waals surface area contributed by atoms with Gasteiger partial charge in [0.2, 0.25) is 5.95 Å². The fraction of sp³-hybridized carbons (Fsp3) is 0.789. The molecule has 0 aromatic carbocycles. The van der Waals surface area contributed by atoms with E-state index in [2.05, 4.69) is 45.4 Å². The van der Waals surface area contributed by atoms with Gasteiger partial charge in [0.05, 0.1) is 0 Å². The van der Waals surface area contributed by atoms with Crippen LogP contribution in [-0.4, -0.2) is 64.6 Å². The van der Waals surface area contributed by atoms with Crippen molar-refractivity contribution in [2.45, 2.75) is 65.1 Å². The molecule has 0 aliphatic carbocycles. The Morgan fingerprint density at radius 1 is 1.04 bits per heavy atom. The van der Waals surface area contributed by atoms with E-state index in [1.165, 1.54) is 37.8 Å². The van der Waals surface area contributed by atoms with Crippen molar-refractivity contribution in [1.82, 2.24) is 19.8 Å². The molecule has 2 fully saturated rings. The van der Waals surface area contributed by atoms with Gasteiger partial charge < -0.3 is 4.90 Å². The van der Waals surface area contributed by atoms with Gasteiger partial charge in [-0.2, -0.15) is 0 Å². The first kappa shape index (κ1) is 17.6. The van der Waals surface area contributed by atoms with Crippen LogP contribution in [0, 0.1) is 0 Å². The standard InChI is InChI=1S/C19H33N5/c1-4-18-15-22(10-11-24(18)16(2)3)14-17-12-20-19(21-13-17)23-8-6-5-7-9-23/h12-13,16,18H,4-11,14-15H2,1-3H3. The number of piperazine rings is 1. The SMILES string of the molecule is CCC1CN(Cc2cnc(N3CCCCC3)nc2)CCN1C(C)C. The van der Waals surface area contributed by atoms with Gasteiger partial charge in [-0.25, -0.2) is 9.97 Å². The molecule has 5 heteroatoms. The number of hydrogen-bond donors (Lipinski definition) is 0. The lowest BCUT2D eigenvalue weighted by Crippen LogP contribution is -2.54. The van der Waals surface area contributed by atoms with Crippen molar-refractivity contribution < 1.29 is 0 Å². The number of rotatable bonds is 5.